The van der Waals surface area contributed by atoms with Crippen LogP contribution in [0.3, 0.4) is 0 Å². The van der Waals surface area contributed by atoms with E-state index in [1.165, 1.54) is 24.6 Å². The number of hydrogen-bond donors (Lipinski definition) is 3. The van der Waals surface area contributed by atoms with Crippen LogP contribution in [0.4, 0.5) is 0 Å². The number of fused-ring (bicyclic) bond motifs is 3. The third-order valence-corrected chi connectivity index (χ3v) is 8.92. The summed E-state index contributed by atoms with van der Waals surface area (Å²) in [6, 6.07) is 14.4. The molecule has 1 aliphatic heterocycles. The van der Waals surface area contributed by atoms with Crippen LogP contribution in [-0.4, -0.2) is 58.6 Å². The SMILES string of the molecule is C=CN.CC.CCC.CNC(=O)c1ccc2c(c1)CCc1ccc(C)cc1C2(CC(C)NCC(=O)N1C(C#N)CC2CC21)c1nnco1. The van der Waals surface area contributed by atoms with Crippen molar-refractivity contribution < 1.29 is 14.0 Å². The first kappa shape index (κ1) is 38.0. The van der Waals surface area contributed by atoms with Gasteiger partial charge < -0.3 is 25.7 Å². The Morgan fingerprint density at radius 2 is 1.85 bits per heavy atom. The molecule has 2 amide bonds. The number of carbonyl (C=O) groups excluding carboxylic acids is 2. The minimum atomic E-state index is -0.787. The fraction of sp³-hybridized carbons (Fsp3) is 0.500. The zero-order valence-corrected chi connectivity index (χ0v) is 29.7. The number of nitriles is 1. The minimum absolute atomic E-state index is 0.0250. The van der Waals surface area contributed by atoms with Crippen LogP contribution in [-0.2, 0) is 23.1 Å². The number of piperidine rings is 1. The number of aryl methyl sites for hydroxylation is 3. The van der Waals surface area contributed by atoms with Crippen LogP contribution in [0.15, 0.2) is 60.0 Å². The van der Waals surface area contributed by atoms with Gasteiger partial charge >= 0.3 is 0 Å². The van der Waals surface area contributed by atoms with Gasteiger partial charge in [-0.1, -0.05) is 70.5 Å². The van der Waals surface area contributed by atoms with Gasteiger partial charge in [-0.2, -0.15) is 5.26 Å². The van der Waals surface area contributed by atoms with Gasteiger partial charge in [-0.05, 0) is 92.5 Å². The molecule has 0 spiro atoms. The van der Waals surface area contributed by atoms with Gasteiger partial charge in [-0.15, -0.1) is 10.2 Å². The Balaban J connectivity index is 0.000000717. The molecule has 0 radical (unpaired) electrons. The second-order valence-electron chi connectivity index (χ2n) is 12.4. The van der Waals surface area contributed by atoms with Gasteiger partial charge in [0.1, 0.15) is 11.5 Å². The topological polar surface area (TPSA) is 150 Å². The lowest BCUT2D eigenvalue weighted by atomic mass is 9.68. The van der Waals surface area contributed by atoms with Crippen molar-refractivity contribution in [2.75, 3.05) is 13.6 Å². The van der Waals surface area contributed by atoms with Crippen molar-refractivity contribution >= 4 is 11.8 Å². The van der Waals surface area contributed by atoms with Crippen molar-refractivity contribution in [3.63, 3.8) is 0 Å². The van der Waals surface area contributed by atoms with E-state index in [1.54, 1.807) is 11.9 Å². The Labute approximate surface area is 286 Å². The first-order valence-corrected chi connectivity index (χ1v) is 17.2. The predicted molar refractivity (Wildman–Crippen MR) is 189 cm³/mol. The normalized spacial score (nSPS) is 21.7. The summed E-state index contributed by atoms with van der Waals surface area (Å²) in [7, 11) is 1.63. The maximum absolute atomic E-state index is 13.2. The molecule has 3 aromatic rings. The Hall–Kier alpha value is -4.49. The van der Waals surface area contributed by atoms with E-state index in [0.717, 1.165) is 47.9 Å². The number of aromatic nitrogens is 2. The van der Waals surface area contributed by atoms with E-state index in [-0.39, 0.29) is 36.5 Å². The molecule has 10 nitrogen and oxygen atoms in total. The Kier molecular flexibility index (Phi) is 13.9. The summed E-state index contributed by atoms with van der Waals surface area (Å²) in [5.41, 5.74) is 9.94. The molecular formula is C38H53N7O3. The van der Waals surface area contributed by atoms with Crippen LogP contribution < -0.4 is 16.4 Å². The van der Waals surface area contributed by atoms with Crippen LogP contribution >= 0.6 is 0 Å². The maximum Gasteiger partial charge on any atom is 0.251 e. The van der Waals surface area contributed by atoms with Crippen molar-refractivity contribution in [2.45, 2.75) is 104 Å². The fourth-order valence-electron chi connectivity index (χ4n) is 6.93. The highest BCUT2D eigenvalue weighted by atomic mass is 16.4. The third-order valence-electron chi connectivity index (χ3n) is 8.92. The van der Waals surface area contributed by atoms with E-state index in [0.29, 0.717) is 23.8 Å². The fourth-order valence-corrected chi connectivity index (χ4v) is 6.93. The maximum atomic E-state index is 13.2. The lowest BCUT2D eigenvalue weighted by Gasteiger charge is -2.36. The van der Waals surface area contributed by atoms with Crippen LogP contribution in [0.1, 0.15) is 104 Å². The smallest absolute Gasteiger partial charge is 0.251 e. The van der Waals surface area contributed by atoms with Crippen molar-refractivity contribution in [3.8, 4) is 6.07 Å². The predicted octanol–water partition coefficient (Wildman–Crippen LogP) is 5.58. The summed E-state index contributed by atoms with van der Waals surface area (Å²) in [5.74, 6) is 0.810. The average molecular weight is 656 g/mol. The lowest BCUT2D eigenvalue weighted by Crippen LogP contribution is -2.46. The number of amides is 2. The number of nitrogens with zero attached hydrogens (tertiary/aromatic N) is 4. The van der Waals surface area contributed by atoms with E-state index in [4.69, 9.17) is 4.42 Å². The number of hydrogen-bond acceptors (Lipinski definition) is 8. The van der Waals surface area contributed by atoms with E-state index in [9.17, 15) is 14.9 Å². The molecule has 4 N–H and O–H groups in total. The van der Waals surface area contributed by atoms with Crippen molar-refractivity contribution in [1.29, 1.82) is 5.26 Å². The van der Waals surface area contributed by atoms with Gasteiger partial charge in [0, 0.05) is 24.7 Å². The molecule has 258 valence electrons. The lowest BCUT2D eigenvalue weighted by molar-refractivity contribution is -0.131. The van der Waals surface area contributed by atoms with Gasteiger partial charge in [0.05, 0.1) is 12.6 Å². The molecule has 1 saturated carbocycles. The van der Waals surface area contributed by atoms with Crippen LogP contribution in [0.25, 0.3) is 0 Å². The van der Waals surface area contributed by atoms with E-state index in [2.05, 4.69) is 85.1 Å². The minimum Gasteiger partial charge on any atom is -0.427 e. The summed E-state index contributed by atoms with van der Waals surface area (Å²) in [5, 5.41) is 24.3. The monoisotopic (exact) mass is 655 g/mol. The quantitative estimate of drug-likeness (QED) is 0.299. The van der Waals surface area contributed by atoms with Gasteiger partial charge in [0.2, 0.25) is 18.2 Å². The van der Waals surface area contributed by atoms with E-state index >= 15 is 0 Å². The molecular weight excluding hydrogens is 602 g/mol. The highest BCUT2D eigenvalue weighted by Gasteiger charge is 2.54. The van der Waals surface area contributed by atoms with Crippen LogP contribution in [0.5, 0.6) is 0 Å². The molecule has 5 atom stereocenters. The van der Waals surface area contributed by atoms with Gasteiger partial charge in [0.25, 0.3) is 5.91 Å². The summed E-state index contributed by atoms with van der Waals surface area (Å²) in [4.78, 5) is 27.5. The van der Waals surface area contributed by atoms with Crippen LogP contribution in [0, 0.1) is 24.2 Å². The Bertz CT molecular complexity index is 1560. The molecule has 2 fully saturated rings. The molecule has 3 aliphatic rings. The number of nitrogens with one attached hydrogen (secondary N) is 2. The van der Waals surface area contributed by atoms with Crippen molar-refractivity contribution in [1.82, 2.24) is 25.7 Å². The van der Waals surface area contributed by atoms with Crippen LogP contribution in [0.2, 0.25) is 0 Å². The largest absolute Gasteiger partial charge is 0.427 e. The van der Waals surface area contributed by atoms with E-state index < -0.39 is 5.41 Å². The second kappa shape index (κ2) is 17.6. The third kappa shape index (κ3) is 8.13. The summed E-state index contributed by atoms with van der Waals surface area (Å²) < 4.78 is 6.00. The van der Waals surface area contributed by atoms with Gasteiger partial charge in [-0.3, -0.25) is 9.59 Å². The Morgan fingerprint density at radius 1 is 1.17 bits per heavy atom. The molecule has 5 unspecified atom stereocenters. The molecule has 2 aromatic carbocycles. The zero-order valence-electron chi connectivity index (χ0n) is 29.7. The standard InChI is InChI=1S/C31H34N6O3.C3H8.C2H5N.C2H6/c1-18-4-5-20-6-7-21-11-22(29(39)33-3)8-9-25(21)31(26(20)10-18,30-36-35-17-40-30)14-19(2)34-16-28(38)37-24(15-32)12-23-13-27(23)37;1-3-2;1-2-3;1-2/h4-5,8-11,17,19,23-24,27,34H,6-7,12-14,16H2,1-3H3,(H,33,39);3H2,1-2H3;2H,1,3H2;1-2H3. The Morgan fingerprint density at radius 3 is 2.48 bits per heavy atom. The van der Waals surface area contributed by atoms with E-state index in [1.807, 2.05) is 32.0 Å². The first-order valence-electron chi connectivity index (χ1n) is 17.2. The molecule has 1 aromatic heterocycles. The average Bonchev–Trinajstić information content (AvgIpc) is 3.47. The number of carbonyl (C=O) groups is 2. The molecule has 6 rings (SSSR count). The summed E-state index contributed by atoms with van der Waals surface area (Å²) in [6.45, 7) is 15.7. The van der Waals surface area contributed by atoms with Gasteiger partial charge in [-0.25, -0.2) is 0 Å². The molecule has 10 heteroatoms. The summed E-state index contributed by atoms with van der Waals surface area (Å²) in [6.07, 6.45) is 7.78. The van der Waals surface area contributed by atoms with Gasteiger partial charge in [0.15, 0.2) is 0 Å². The zero-order chi connectivity index (χ0) is 35.4. The molecule has 0 bridgehead atoms. The number of likely N-dealkylation sites (tertiary alicyclic amines) is 1. The molecule has 48 heavy (non-hydrogen) atoms. The number of benzene rings is 2. The molecule has 2 heterocycles. The van der Waals surface area contributed by atoms with Crippen molar-refractivity contribution in [3.05, 3.63) is 94.8 Å². The van der Waals surface area contributed by atoms with Crippen molar-refractivity contribution in [2.24, 2.45) is 11.7 Å². The summed E-state index contributed by atoms with van der Waals surface area (Å²) >= 11 is 0. The molecule has 2 aliphatic carbocycles. The highest BCUT2D eigenvalue weighted by molar-refractivity contribution is 5.94. The molecule has 1 saturated heterocycles. The number of nitrogens with two attached hydrogens (primary N) is 1. The number of rotatable bonds is 7. The second-order valence-corrected chi connectivity index (χ2v) is 12.4. The first-order chi connectivity index (χ1) is 23.2. The highest BCUT2D eigenvalue weighted by Crippen LogP contribution is 2.49.